The molecule has 11 heteroatoms. The van der Waals surface area contributed by atoms with Crippen LogP contribution in [0.1, 0.15) is 34.3 Å². The van der Waals surface area contributed by atoms with E-state index < -0.39 is 16.3 Å². The van der Waals surface area contributed by atoms with Gasteiger partial charge in [0.1, 0.15) is 6.20 Å². The predicted molar refractivity (Wildman–Crippen MR) is 153 cm³/mol. The fourth-order valence-electron chi connectivity index (χ4n) is 4.99. The summed E-state index contributed by atoms with van der Waals surface area (Å²) in [6.07, 6.45) is 1.68. The van der Waals surface area contributed by atoms with Gasteiger partial charge < -0.3 is 20.6 Å². The van der Waals surface area contributed by atoms with Crippen LogP contribution < -0.4 is 15.5 Å². The Balaban J connectivity index is 1.29. The molecule has 0 unspecified atom stereocenters. The summed E-state index contributed by atoms with van der Waals surface area (Å²) in [5.74, 6) is -0.867. The van der Waals surface area contributed by atoms with Crippen molar-refractivity contribution < 1.29 is 19.6 Å². The average Bonchev–Trinajstić information content (AvgIpc) is 3.01. The van der Waals surface area contributed by atoms with Crippen LogP contribution in [0.4, 0.5) is 23.1 Å². The fraction of sp³-hybridized carbons (Fsp3) is 0.200. The van der Waals surface area contributed by atoms with Crippen molar-refractivity contribution in [2.24, 2.45) is 0 Å². The third-order valence-electron chi connectivity index (χ3n) is 7.30. The molecule has 3 N–H and O–H groups in total. The topological polar surface area (TPSA) is 151 Å². The summed E-state index contributed by atoms with van der Waals surface area (Å²) < 4.78 is 0. The van der Waals surface area contributed by atoms with Gasteiger partial charge in [-0.15, -0.1) is 0 Å². The molecule has 11 nitrogen and oxygen atoms in total. The molecule has 1 saturated heterocycles. The van der Waals surface area contributed by atoms with Crippen LogP contribution in [0.15, 0.2) is 91.1 Å². The number of hydrogen-bond donors (Lipinski definition) is 3. The van der Waals surface area contributed by atoms with Gasteiger partial charge in [-0.1, -0.05) is 60.7 Å². The number of carbonyl (C=O) groups excluding carboxylic acids is 1. The molecule has 1 aromatic heterocycles. The summed E-state index contributed by atoms with van der Waals surface area (Å²) in [5.41, 5.74) is 1.44. The first-order valence-corrected chi connectivity index (χ1v) is 13.1. The third-order valence-corrected chi connectivity index (χ3v) is 7.30. The number of nitrogens with zero attached hydrogens (tertiary/aromatic N) is 4. The molecule has 3 aromatic carbocycles. The quantitative estimate of drug-likeness (QED) is 0.199. The lowest BCUT2D eigenvalue weighted by atomic mass is 9.73. The highest BCUT2D eigenvalue weighted by Crippen LogP contribution is 2.39. The lowest BCUT2D eigenvalue weighted by molar-refractivity contribution is -0.384. The van der Waals surface area contributed by atoms with Crippen LogP contribution >= 0.6 is 0 Å². The van der Waals surface area contributed by atoms with Gasteiger partial charge in [0, 0.05) is 30.9 Å². The van der Waals surface area contributed by atoms with Crippen molar-refractivity contribution in [1.29, 1.82) is 0 Å². The van der Waals surface area contributed by atoms with Crippen LogP contribution in [0.2, 0.25) is 0 Å². The molecule has 208 valence electrons. The highest BCUT2D eigenvalue weighted by molar-refractivity contribution is 5.94. The minimum Gasteiger partial charge on any atom is -0.481 e. The molecule has 0 aliphatic carbocycles. The third kappa shape index (κ3) is 5.98. The normalized spacial score (nSPS) is 14.2. The number of benzene rings is 3. The lowest BCUT2D eigenvalue weighted by Gasteiger charge is -2.39. The monoisotopic (exact) mass is 552 g/mol. The summed E-state index contributed by atoms with van der Waals surface area (Å²) in [4.78, 5) is 46.4. The molecular weight excluding hydrogens is 524 g/mol. The van der Waals surface area contributed by atoms with Crippen molar-refractivity contribution in [3.05, 3.63) is 118 Å². The van der Waals surface area contributed by atoms with E-state index in [0.29, 0.717) is 23.4 Å². The Bertz CT molecular complexity index is 1540. The Morgan fingerprint density at radius 1 is 0.951 bits per heavy atom. The highest BCUT2D eigenvalue weighted by atomic mass is 16.6. The zero-order valence-corrected chi connectivity index (χ0v) is 22.1. The summed E-state index contributed by atoms with van der Waals surface area (Å²) in [6.45, 7) is 0.949. The number of aromatic nitrogens is 2. The fourth-order valence-corrected chi connectivity index (χ4v) is 4.99. The van der Waals surface area contributed by atoms with Gasteiger partial charge in [0.15, 0.2) is 0 Å². The van der Waals surface area contributed by atoms with Crippen LogP contribution in [0.25, 0.3) is 0 Å². The Kier molecular flexibility index (Phi) is 7.86. The summed E-state index contributed by atoms with van der Waals surface area (Å²) in [6, 6.07) is 25.4. The van der Waals surface area contributed by atoms with Crippen molar-refractivity contribution in [2.75, 3.05) is 23.3 Å². The molecule has 1 amide bonds. The number of carboxylic acids is 1. The Labute approximate surface area is 236 Å². The zero-order chi connectivity index (χ0) is 28.8. The second-order valence-electron chi connectivity index (χ2n) is 9.77. The predicted octanol–water partition coefficient (Wildman–Crippen LogP) is 4.68. The van der Waals surface area contributed by atoms with Crippen LogP contribution in [0, 0.1) is 10.1 Å². The van der Waals surface area contributed by atoms with Gasteiger partial charge in [0.05, 0.1) is 10.3 Å². The zero-order valence-electron chi connectivity index (χ0n) is 22.1. The first kappa shape index (κ1) is 27.3. The van der Waals surface area contributed by atoms with Gasteiger partial charge in [-0.2, -0.15) is 4.98 Å². The molecule has 0 atom stereocenters. The molecule has 0 saturated carbocycles. The van der Waals surface area contributed by atoms with Gasteiger partial charge >= 0.3 is 11.7 Å². The van der Waals surface area contributed by atoms with E-state index in [9.17, 15) is 24.8 Å². The van der Waals surface area contributed by atoms with Crippen LogP contribution in [-0.4, -0.2) is 45.0 Å². The van der Waals surface area contributed by atoms with Gasteiger partial charge in [-0.05, 0) is 48.2 Å². The molecule has 1 aliphatic rings. The van der Waals surface area contributed by atoms with Crippen molar-refractivity contribution in [1.82, 2.24) is 15.3 Å². The van der Waals surface area contributed by atoms with Gasteiger partial charge in [0.2, 0.25) is 11.8 Å². The highest BCUT2D eigenvalue weighted by Gasteiger charge is 2.44. The second kappa shape index (κ2) is 11.8. The number of rotatable bonds is 9. The van der Waals surface area contributed by atoms with E-state index in [4.69, 9.17) is 0 Å². The molecule has 0 spiro atoms. The van der Waals surface area contributed by atoms with Crippen LogP contribution in [0.5, 0.6) is 0 Å². The van der Waals surface area contributed by atoms with E-state index in [1.54, 1.807) is 41.3 Å². The smallest absolute Gasteiger partial charge is 0.329 e. The van der Waals surface area contributed by atoms with E-state index in [2.05, 4.69) is 20.6 Å². The van der Waals surface area contributed by atoms with E-state index in [1.807, 2.05) is 48.5 Å². The van der Waals surface area contributed by atoms with Crippen molar-refractivity contribution in [3.8, 4) is 0 Å². The SMILES string of the molecule is O=C(NCc1ccccc1)c1ccc(Nc2ncc([N+](=O)[O-])c(N3CCC(C(=O)O)(c4ccccc4)CC3)n2)cc1. The number of hydrogen-bond acceptors (Lipinski definition) is 8. The maximum atomic E-state index is 12.5. The summed E-state index contributed by atoms with van der Waals surface area (Å²) in [5, 5.41) is 27.8. The molecule has 4 aromatic rings. The van der Waals surface area contributed by atoms with Gasteiger partial charge in [-0.25, -0.2) is 4.98 Å². The molecule has 41 heavy (non-hydrogen) atoms. The Hall–Kier alpha value is -5.32. The van der Waals surface area contributed by atoms with Crippen molar-refractivity contribution >= 4 is 35.0 Å². The number of piperidine rings is 1. The Morgan fingerprint density at radius 3 is 2.20 bits per heavy atom. The first-order valence-electron chi connectivity index (χ1n) is 13.1. The lowest BCUT2D eigenvalue weighted by Crippen LogP contribution is -2.47. The average molecular weight is 553 g/mol. The number of aliphatic carboxylic acids is 1. The largest absolute Gasteiger partial charge is 0.481 e. The van der Waals surface area contributed by atoms with Crippen LogP contribution in [0.3, 0.4) is 0 Å². The molecule has 0 bridgehead atoms. The van der Waals surface area contributed by atoms with E-state index in [-0.39, 0.29) is 49.3 Å². The maximum absolute atomic E-state index is 12.5. The molecule has 1 fully saturated rings. The first-order chi connectivity index (χ1) is 19.9. The van der Waals surface area contributed by atoms with Gasteiger partial charge in [-0.3, -0.25) is 19.7 Å². The maximum Gasteiger partial charge on any atom is 0.329 e. The van der Waals surface area contributed by atoms with Crippen molar-refractivity contribution in [2.45, 2.75) is 24.8 Å². The molecular formula is C30H28N6O5. The van der Waals surface area contributed by atoms with Crippen LogP contribution in [-0.2, 0) is 16.8 Å². The number of nitro groups is 1. The van der Waals surface area contributed by atoms with Crippen molar-refractivity contribution in [3.63, 3.8) is 0 Å². The number of anilines is 3. The summed E-state index contributed by atoms with van der Waals surface area (Å²) >= 11 is 0. The number of nitrogens with one attached hydrogen (secondary N) is 2. The standard InChI is InChI=1S/C30H28N6O5/c37-27(31-19-21-7-3-1-4-8-21)22-11-13-24(14-12-22)33-29-32-20-25(36(40)41)26(34-29)35-17-15-30(16-18-35,28(38)39)23-9-5-2-6-10-23/h1-14,20H,15-19H2,(H,31,37)(H,38,39)(H,32,33,34). The number of carbonyl (C=O) groups is 2. The number of carboxylic acid groups (broad SMARTS) is 1. The minimum atomic E-state index is -1.07. The second-order valence-corrected chi connectivity index (χ2v) is 9.77. The van der Waals surface area contributed by atoms with E-state index >= 15 is 0 Å². The molecule has 2 heterocycles. The molecule has 5 rings (SSSR count). The number of amides is 1. The summed E-state index contributed by atoms with van der Waals surface area (Å²) in [7, 11) is 0. The van der Waals surface area contributed by atoms with E-state index in [1.165, 1.54) is 0 Å². The van der Waals surface area contributed by atoms with E-state index in [0.717, 1.165) is 11.8 Å². The molecule has 0 radical (unpaired) electrons. The van der Waals surface area contributed by atoms with Gasteiger partial charge in [0.25, 0.3) is 5.91 Å². The minimum absolute atomic E-state index is 0.122. The Morgan fingerprint density at radius 2 is 1.59 bits per heavy atom. The molecule has 1 aliphatic heterocycles.